The molecule has 1 heterocycles. The normalized spacial score (nSPS) is 13.4. The second-order valence-corrected chi connectivity index (χ2v) is 6.95. The van der Waals surface area contributed by atoms with Gasteiger partial charge in [0.2, 0.25) is 0 Å². The van der Waals surface area contributed by atoms with Crippen LogP contribution in [-0.4, -0.2) is 42.0 Å². The van der Waals surface area contributed by atoms with E-state index in [0.29, 0.717) is 12.1 Å². The zero-order valence-corrected chi connectivity index (χ0v) is 15.8. The summed E-state index contributed by atoms with van der Waals surface area (Å²) in [6.45, 7) is 8.11. The summed E-state index contributed by atoms with van der Waals surface area (Å²) in [6, 6.07) is 5.63. The fraction of sp³-hybridized carbons (Fsp3) is 0.500. The summed E-state index contributed by atoms with van der Waals surface area (Å²) in [5, 5.41) is 4.76. The maximum Gasteiger partial charge on any atom is 0.251 e. The number of fused-ring (bicyclic) bond motifs is 2. The van der Waals surface area contributed by atoms with Gasteiger partial charge in [-0.15, -0.1) is 0 Å². The van der Waals surface area contributed by atoms with Crippen LogP contribution in [0.4, 0.5) is 0 Å². The highest BCUT2D eigenvalue weighted by Crippen LogP contribution is 2.33. The lowest BCUT2D eigenvalue weighted by atomic mass is 10.1. The molecule has 0 saturated heterocycles. The third-order valence-electron chi connectivity index (χ3n) is 5.04. The molecule has 0 aliphatic heterocycles. The standard InChI is InChI=1S/C20H26ClN3O/c1-3-24(4-2)12-6-11-22-20(25)14-9-10-16-18(13-14)23-17-8-5-7-15(17)19(16)21/h9-10,13H,3-8,11-12H2,1-2H3,(H,22,25). The van der Waals surface area contributed by atoms with E-state index >= 15 is 0 Å². The Morgan fingerprint density at radius 1 is 1.28 bits per heavy atom. The van der Waals surface area contributed by atoms with Crippen molar-refractivity contribution < 1.29 is 4.79 Å². The van der Waals surface area contributed by atoms with E-state index in [1.165, 1.54) is 5.56 Å². The van der Waals surface area contributed by atoms with Crippen LogP contribution in [0, 0.1) is 0 Å². The van der Waals surface area contributed by atoms with Crippen molar-refractivity contribution in [1.29, 1.82) is 0 Å². The van der Waals surface area contributed by atoms with E-state index < -0.39 is 0 Å². The van der Waals surface area contributed by atoms with Crippen LogP contribution >= 0.6 is 11.6 Å². The van der Waals surface area contributed by atoms with Gasteiger partial charge >= 0.3 is 0 Å². The lowest BCUT2D eigenvalue weighted by Gasteiger charge is -2.17. The van der Waals surface area contributed by atoms with Gasteiger partial charge in [-0.3, -0.25) is 9.78 Å². The van der Waals surface area contributed by atoms with E-state index in [1.54, 1.807) is 0 Å². The van der Waals surface area contributed by atoms with Crippen LogP contribution in [0.3, 0.4) is 0 Å². The predicted molar refractivity (Wildman–Crippen MR) is 104 cm³/mol. The van der Waals surface area contributed by atoms with Crippen LogP contribution in [0.5, 0.6) is 0 Å². The van der Waals surface area contributed by atoms with Crippen molar-refractivity contribution in [3.63, 3.8) is 0 Å². The Balaban J connectivity index is 1.67. The molecule has 1 amide bonds. The summed E-state index contributed by atoms with van der Waals surface area (Å²) >= 11 is 6.53. The van der Waals surface area contributed by atoms with E-state index in [1.807, 2.05) is 18.2 Å². The number of aryl methyl sites for hydroxylation is 1. The molecule has 0 fully saturated rings. The minimum Gasteiger partial charge on any atom is -0.352 e. The maximum absolute atomic E-state index is 12.4. The average molecular weight is 360 g/mol. The highest BCUT2D eigenvalue weighted by atomic mass is 35.5. The van der Waals surface area contributed by atoms with E-state index in [0.717, 1.165) is 66.9 Å². The number of carbonyl (C=O) groups excluding carboxylic acids is 1. The van der Waals surface area contributed by atoms with Gasteiger partial charge < -0.3 is 10.2 Å². The molecule has 0 spiro atoms. The van der Waals surface area contributed by atoms with Crippen LogP contribution < -0.4 is 5.32 Å². The minimum absolute atomic E-state index is 0.0418. The minimum atomic E-state index is -0.0418. The van der Waals surface area contributed by atoms with Crippen molar-refractivity contribution in [3.8, 4) is 0 Å². The number of halogens is 1. The zero-order valence-electron chi connectivity index (χ0n) is 15.1. The summed E-state index contributed by atoms with van der Waals surface area (Å²) in [5.41, 5.74) is 3.75. The lowest BCUT2D eigenvalue weighted by Crippen LogP contribution is -2.29. The molecular formula is C20H26ClN3O. The van der Waals surface area contributed by atoms with Gasteiger partial charge in [0, 0.05) is 23.2 Å². The molecule has 0 bridgehead atoms. The Kier molecular flexibility index (Phi) is 5.92. The number of amides is 1. The Morgan fingerprint density at radius 3 is 2.84 bits per heavy atom. The van der Waals surface area contributed by atoms with Crippen molar-refractivity contribution in [2.24, 2.45) is 0 Å². The number of hydrogen-bond acceptors (Lipinski definition) is 3. The molecule has 1 aliphatic carbocycles. The third kappa shape index (κ3) is 3.96. The Morgan fingerprint density at radius 2 is 2.08 bits per heavy atom. The fourth-order valence-corrected chi connectivity index (χ4v) is 3.86. The van der Waals surface area contributed by atoms with Crippen molar-refractivity contribution in [2.75, 3.05) is 26.2 Å². The number of benzene rings is 1. The molecule has 0 saturated carbocycles. The smallest absolute Gasteiger partial charge is 0.251 e. The molecule has 5 heteroatoms. The van der Waals surface area contributed by atoms with Crippen LogP contribution in [0.1, 0.15) is 48.3 Å². The van der Waals surface area contributed by atoms with Crippen molar-refractivity contribution in [3.05, 3.63) is 40.0 Å². The molecule has 0 unspecified atom stereocenters. The maximum atomic E-state index is 12.4. The molecule has 1 aromatic heterocycles. The monoisotopic (exact) mass is 359 g/mol. The first-order valence-electron chi connectivity index (χ1n) is 9.25. The van der Waals surface area contributed by atoms with Crippen LogP contribution in [0.25, 0.3) is 10.9 Å². The molecule has 2 aromatic rings. The quantitative estimate of drug-likeness (QED) is 0.764. The second kappa shape index (κ2) is 8.15. The second-order valence-electron chi connectivity index (χ2n) is 6.57. The zero-order chi connectivity index (χ0) is 17.8. The molecule has 4 nitrogen and oxygen atoms in total. The molecule has 0 radical (unpaired) electrons. The van der Waals surface area contributed by atoms with Gasteiger partial charge in [0.25, 0.3) is 5.91 Å². The third-order valence-corrected chi connectivity index (χ3v) is 5.47. The average Bonchev–Trinajstić information content (AvgIpc) is 3.10. The predicted octanol–water partition coefficient (Wildman–Crippen LogP) is 3.84. The molecule has 25 heavy (non-hydrogen) atoms. The first-order chi connectivity index (χ1) is 12.1. The fourth-order valence-electron chi connectivity index (χ4n) is 3.49. The summed E-state index contributed by atoms with van der Waals surface area (Å²) in [6.07, 6.45) is 4.05. The number of carbonyl (C=O) groups is 1. The van der Waals surface area contributed by atoms with Gasteiger partial charge in [-0.1, -0.05) is 31.5 Å². The highest BCUT2D eigenvalue weighted by molar-refractivity contribution is 6.36. The first-order valence-corrected chi connectivity index (χ1v) is 9.63. The largest absolute Gasteiger partial charge is 0.352 e. The Hall–Kier alpha value is -1.65. The number of aromatic nitrogens is 1. The summed E-state index contributed by atoms with van der Waals surface area (Å²) < 4.78 is 0. The lowest BCUT2D eigenvalue weighted by molar-refractivity contribution is 0.0952. The molecule has 134 valence electrons. The number of pyridine rings is 1. The van der Waals surface area contributed by atoms with Crippen LogP contribution in [-0.2, 0) is 12.8 Å². The van der Waals surface area contributed by atoms with Gasteiger partial charge in [0.15, 0.2) is 0 Å². The number of rotatable bonds is 7. The van der Waals surface area contributed by atoms with Crippen molar-refractivity contribution in [2.45, 2.75) is 39.5 Å². The van der Waals surface area contributed by atoms with Gasteiger partial charge in [-0.25, -0.2) is 0 Å². The Bertz CT molecular complexity index is 771. The molecule has 1 aromatic carbocycles. The first kappa shape index (κ1) is 18.2. The molecular weight excluding hydrogens is 334 g/mol. The summed E-state index contributed by atoms with van der Waals surface area (Å²) in [5.74, 6) is -0.0418. The van der Waals surface area contributed by atoms with Gasteiger partial charge in [0.05, 0.1) is 10.5 Å². The van der Waals surface area contributed by atoms with E-state index in [4.69, 9.17) is 16.6 Å². The highest BCUT2D eigenvalue weighted by Gasteiger charge is 2.19. The van der Waals surface area contributed by atoms with Crippen molar-refractivity contribution >= 4 is 28.4 Å². The van der Waals surface area contributed by atoms with Gasteiger partial charge in [0.1, 0.15) is 0 Å². The number of nitrogens with zero attached hydrogens (tertiary/aromatic N) is 2. The van der Waals surface area contributed by atoms with Gasteiger partial charge in [-0.05, 0) is 63.0 Å². The van der Waals surface area contributed by atoms with Crippen LogP contribution in [0.2, 0.25) is 5.02 Å². The van der Waals surface area contributed by atoms with E-state index in [9.17, 15) is 4.79 Å². The SMILES string of the molecule is CCN(CC)CCCNC(=O)c1ccc2c(Cl)c3c(nc2c1)CCC3. The molecule has 1 N–H and O–H groups in total. The van der Waals surface area contributed by atoms with Gasteiger partial charge in [-0.2, -0.15) is 0 Å². The molecule has 0 atom stereocenters. The summed E-state index contributed by atoms with van der Waals surface area (Å²) in [7, 11) is 0. The number of nitrogens with one attached hydrogen (secondary N) is 1. The molecule has 3 rings (SSSR count). The van der Waals surface area contributed by atoms with Crippen LogP contribution in [0.15, 0.2) is 18.2 Å². The Labute approximate surface area is 154 Å². The number of hydrogen-bond donors (Lipinski definition) is 1. The van der Waals surface area contributed by atoms with E-state index in [2.05, 4.69) is 24.1 Å². The molecule has 1 aliphatic rings. The topological polar surface area (TPSA) is 45.2 Å². The van der Waals surface area contributed by atoms with E-state index in [-0.39, 0.29) is 5.91 Å². The van der Waals surface area contributed by atoms with Crippen molar-refractivity contribution in [1.82, 2.24) is 15.2 Å². The summed E-state index contributed by atoms with van der Waals surface area (Å²) in [4.78, 5) is 19.5.